The van der Waals surface area contributed by atoms with Gasteiger partial charge in [0.25, 0.3) is 11.5 Å². The molecule has 0 spiro atoms. The predicted octanol–water partition coefficient (Wildman–Crippen LogP) is 3.69. The Balaban J connectivity index is 1.88. The van der Waals surface area contributed by atoms with E-state index in [1.54, 1.807) is 29.6 Å². The Hall–Kier alpha value is -4.05. The Morgan fingerprint density at radius 1 is 1.16 bits per heavy atom. The van der Waals surface area contributed by atoms with Crippen LogP contribution in [0, 0.1) is 10.1 Å². The quantitative estimate of drug-likeness (QED) is 0.212. The van der Waals surface area contributed by atoms with Crippen LogP contribution in [-0.2, 0) is 9.59 Å². The number of carbonyl (C=O) groups excluding carboxylic acids is 2. The number of nitrogens with zero attached hydrogens (tertiary/aromatic N) is 3. The minimum absolute atomic E-state index is 0.126. The number of non-ortho nitro benzene ring substituents is 1. The topological polar surface area (TPSA) is 123 Å². The highest BCUT2D eigenvalue weighted by Crippen LogP contribution is 2.43. The highest BCUT2D eigenvalue weighted by Gasteiger charge is 2.48. The number of Topliss-reactive ketones (excluding diaryl/α,β-unsaturated/α-hetero) is 1. The summed E-state index contributed by atoms with van der Waals surface area (Å²) in [7, 11) is 1.52. The number of ketones is 1. The van der Waals surface area contributed by atoms with Gasteiger partial charge in [0.15, 0.2) is 5.13 Å². The van der Waals surface area contributed by atoms with Crippen molar-refractivity contribution in [1.29, 1.82) is 0 Å². The van der Waals surface area contributed by atoms with Gasteiger partial charge in [0, 0.05) is 29.3 Å². The first-order valence-electron chi connectivity index (χ1n) is 9.01. The van der Waals surface area contributed by atoms with E-state index in [-0.39, 0.29) is 16.8 Å². The number of hydrogen-bond acceptors (Lipinski definition) is 8. The highest BCUT2D eigenvalue weighted by atomic mass is 32.1. The van der Waals surface area contributed by atoms with Crippen molar-refractivity contribution in [3.63, 3.8) is 0 Å². The van der Waals surface area contributed by atoms with Crippen molar-refractivity contribution in [3.8, 4) is 5.75 Å². The van der Waals surface area contributed by atoms with Crippen LogP contribution in [0.4, 0.5) is 10.8 Å². The van der Waals surface area contributed by atoms with E-state index in [0.717, 1.165) is 0 Å². The van der Waals surface area contributed by atoms with Crippen molar-refractivity contribution in [3.05, 3.63) is 86.9 Å². The maximum Gasteiger partial charge on any atom is 0.301 e. The molecule has 1 aliphatic rings. The lowest BCUT2D eigenvalue weighted by atomic mass is 9.95. The summed E-state index contributed by atoms with van der Waals surface area (Å²) in [6.45, 7) is 0. The Morgan fingerprint density at radius 3 is 2.39 bits per heavy atom. The zero-order valence-electron chi connectivity index (χ0n) is 16.1. The van der Waals surface area contributed by atoms with Gasteiger partial charge in [-0.2, -0.15) is 0 Å². The fraction of sp³-hybridized carbons (Fsp3) is 0.0952. The molecule has 0 bridgehead atoms. The number of carbonyl (C=O) groups is 2. The fourth-order valence-electron chi connectivity index (χ4n) is 3.36. The number of ether oxygens (including phenoxy) is 1. The molecular weight excluding hydrogens is 422 g/mol. The van der Waals surface area contributed by atoms with E-state index in [4.69, 9.17) is 4.74 Å². The summed E-state index contributed by atoms with van der Waals surface area (Å²) in [6.07, 6.45) is 1.51. The standard InChI is InChI=1S/C21H15N3O6S/c1-30-15-8-4-12(5-9-15)17-16(18(25)13-2-6-14(7-3-13)24(28)29)19(26)20(27)23(17)21-22-10-11-31-21/h2-11,17,25H,1H3/b18-16+/t17-/m1/s1. The van der Waals surface area contributed by atoms with E-state index >= 15 is 0 Å². The number of hydrogen-bond donors (Lipinski definition) is 1. The molecule has 156 valence electrons. The van der Waals surface area contributed by atoms with Gasteiger partial charge in [-0.15, -0.1) is 11.3 Å². The second-order valence-corrected chi connectivity index (χ2v) is 7.43. The van der Waals surface area contributed by atoms with Crippen molar-refractivity contribution >= 4 is 39.6 Å². The van der Waals surface area contributed by atoms with Gasteiger partial charge in [-0.3, -0.25) is 24.6 Å². The van der Waals surface area contributed by atoms with Crippen LogP contribution in [0.2, 0.25) is 0 Å². The highest BCUT2D eigenvalue weighted by molar-refractivity contribution is 7.14. The van der Waals surface area contributed by atoms with E-state index in [1.807, 2.05) is 0 Å². The van der Waals surface area contributed by atoms with E-state index < -0.39 is 28.4 Å². The number of aromatic nitrogens is 1. The number of aliphatic hydroxyl groups excluding tert-OH is 1. The van der Waals surface area contributed by atoms with E-state index in [9.17, 15) is 24.8 Å². The molecule has 0 saturated carbocycles. The molecule has 1 aromatic heterocycles. The van der Waals surface area contributed by atoms with Gasteiger partial charge in [-0.1, -0.05) is 12.1 Å². The zero-order chi connectivity index (χ0) is 22.1. The lowest BCUT2D eigenvalue weighted by Gasteiger charge is -2.23. The molecule has 10 heteroatoms. The summed E-state index contributed by atoms with van der Waals surface area (Å²) in [4.78, 5) is 41.6. The first-order chi connectivity index (χ1) is 14.9. The second kappa shape index (κ2) is 8.00. The summed E-state index contributed by atoms with van der Waals surface area (Å²) in [6, 6.07) is 10.9. The molecule has 1 amide bonds. The molecule has 0 unspecified atom stereocenters. The van der Waals surface area contributed by atoms with Gasteiger partial charge < -0.3 is 9.84 Å². The molecule has 1 atom stereocenters. The second-order valence-electron chi connectivity index (χ2n) is 6.56. The SMILES string of the molecule is COc1ccc([C@@H]2/C(=C(\O)c3ccc([N+](=O)[O-])cc3)C(=O)C(=O)N2c2nccs2)cc1. The Kier molecular flexibility index (Phi) is 5.22. The number of benzene rings is 2. The smallest absolute Gasteiger partial charge is 0.301 e. The number of nitro groups is 1. The van der Waals surface area contributed by atoms with Crippen LogP contribution in [0.15, 0.2) is 65.7 Å². The first-order valence-corrected chi connectivity index (χ1v) is 9.89. The van der Waals surface area contributed by atoms with Gasteiger partial charge >= 0.3 is 5.91 Å². The van der Waals surface area contributed by atoms with Crippen LogP contribution < -0.4 is 9.64 Å². The third kappa shape index (κ3) is 3.53. The number of anilines is 1. The van der Waals surface area contributed by atoms with Crippen molar-refractivity contribution in [2.24, 2.45) is 0 Å². The minimum atomic E-state index is -0.924. The predicted molar refractivity (Wildman–Crippen MR) is 113 cm³/mol. The van der Waals surface area contributed by atoms with Gasteiger partial charge in [0.1, 0.15) is 11.5 Å². The van der Waals surface area contributed by atoms with Crippen LogP contribution in [0.1, 0.15) is 17.2 Å². The van der Waals surface area contributed by atoms with Gasteiger partial charge in [-0.25, -0.2) is 4.98 Å². The maximum atomic E-state index is 12.9. The molecule has 2 aromatic carbocycles. The Morgan fingerprint density at radius 2 is 1.84 bits per heavy atom. The molecule has 3 aromatic rings. The third-order valence-electron chi connectivity index (χ3n) is 4.85. The summed E-state index contributed by atoms with van der Waals surface area (Å²) in [5.74, 6) is -1.52. The molecule has 0 aliphatic carbocycles. The molecule has 1 N–H and O–H groups in total. The number of nitro benzene ring substituents is 1. The van der Waals surface area contributed by atoms with Crippen LogP contribution >= 0.6 is 11.3 Å². The number of rotatable bonds is 5. The number of thiazole rings is 1. The van der Waals surface area contributed by atoms with Crippen molar-refractivity contribution in [1.82, 2.24) is 4.98 Å². The molecule has 2 heterocycles. The molecule has 1 saturated heterocycles. The van der Waals surface area contributed by atoms with Gasteiger partial charge in [0.05, 0.1) is 23.6 Å². The Labute approximate surface area is 180 Å². The van der Waals surface area contributed by atoms with Gasteiger partial charge in [-0.05, 0) is 29.8 Å². The lowest BCUT2D eigenvalue weighted by molar-refractivity contribution is -0.384. The molecule has 4 rings (SSSR count). The number of methoxy groups -OCH3 is 1. The zero-order valence-corrected chi connectivity index (χ0v) is 16.9. The van der Waals surface area contributed by atoms with Crippen LogP contribution in [0.5, 0.6) is 5.75 Å². The van der Waals surface area contributed by atoms with E-state index in [0.29, 0.717) is 16.4 Å². The Bertz CT molecular complexity index is 1190. The van der Waals surface area contributed by atoms with Crippen LogP contribution in [-0.4, -0.2) is 33.8 Å². The third-order valence-corrected chi connectivity index (χ3v) is 5.62. The summed E-state index contributed by atoms with van der Waals surface area (Å²) in [5.41, 5.74) is 0.464. The minimum Gasteiger partial charge on any atom is -0.507 e. The number of amides is 1. The van der Waals surface area contributed by atoms with Crippen molar-refractivity contribution in [2.45, 2.75) is 6.04 Å². The first kappa shape index (κ1) is 20.2. The summed E-state index contributed by atoms with van der Waals surface area (Å²) < 4.78 is 5.17. The molecule has 1 aliphatic heterocycles. The summed E-state index contributed by atoms with van der Waals surface area (Å²) >= 11 is 1.18. The largest absolute Gasteiger partial charge is 0.507 e. The maximum absolute atomic E-state index is 12.9. The van der Waals surface area contributed by atoms with Crippen molar-refractivity contribution in [2.75, 3.05) is 12.0 Å². The average molecular weight is 437 g/mol. The molecule has 1 fully saturated rings. The van der Waals surface area contributed by atoms with Crippen molar-refractivity contribution < 1.29 is 24.4 Å². The average Bonchev–Trinajstić information content (AvgIpc) is 3.40. The molecule has 0 radical (unpaired) electrons. The van der Waals surface area contributed by atoms with Crippen LogP contribution in [0.25, 0.3) is 5.76 Å². The van der Waals surface area contributed by atoms with Crippen LogP contribution in [0.3, 0.4) is 0 Å². The fourth-order valence-corrected chi connectivity index (χ4v) is 4.03. The van der Waals surface area contributed by atoms with E-state index in [2.05, 4.69) is 4.98 Å². The molecule has 9 nitrogen and oxygen atoms in total. The summed E-state index contributed by atoms with van der Waals surface area (Å²) in [5, 5.41) is 23.8. The normalized spacial score (nSPS) is 17.7. The van der Waals surface area contributed by atoms with Gasteiger partial charge in [0.2, 0.25) is 0 Å². The number of aliphatic hydroxyl groups is 1. The molecular formula is C21H15N3O6S. The monoisotopic (exact) mass is 437 g/mol. The lowest BCUT2D eigenvalue weighted by Crippen LogP contribution is -2.29. The molecule has 31 heavy (non-hydrogen) atoms. The van der Waals surface area contributed by atoms with E-state index in [1.165, 1.54) is 53.8 Å².